The summed E-state index contributed by atoms with van der Waals surface area (Å²) >= 11 is 1.71. The molecule has 0 aromatic carbocycles. The van der Waals surface area contributed by atoms with Crippen LogP contribution in [0.5, 0.6) is 0 Å². The molecule has 1 aliphatic heterocycles. The van der Waals surface area contributed by atoms with Gasteiger partial charge in [-0.15, -0.1) is 11.3 Å². The second-order valence-electron chi connectivity index (χ2n) is 6.60. The molecule has 7 heteroatoms. The number of hydrogen-bond acceptors (Lipinski definition) is 5. The number of aromatic amines is 1. The number of likely N-dealkylation sites (tertiary alicyclic amines) is 1. The molecule has 0 bridgehead atoms. The van der Waals surface area contributed by atoms with E-state index in [2.05, 4.69) is 34.1 Å². The summed E-state index contributed by atoms with van der Waals surface area (Å²) in [4.78, 5) is 22.4. The van der Waals surface area contributed by atoms with Crippen molar-refractivity contribution in [3.63, 3.8) is 0 Å². The Balaban J connectivity index is 1.51. The molecule has 3 rings (SSSR count). The van der Waals surface area contributed by atoms with Gasteiger partial charge in [-0.05, 0) is 38.8 Å². The largest absolute Gasteiger partial charge is 0.337 e. The smallest absolute Gasteiger partial charge is 0.274 e. The maximum atomic E-state index is 12.5. The van der Waals surface area contributed by atoms with Crippen LogP contribution in [0.25, 0.3) is 0 Å². The van der Waals surface area contributed by atoms with Crippen molar-refractivity contribution >= 4 is 17.2 Å². The first-order valence-electron chi connectivity index (χ1n) is 8.48. The lowest BCUT2D eigenvalue weighted by atomic mass is 10.1. The molecule has 0 aliphatic carbocycles. The van der Waals surface area contributed by atoms with E-state index in [1.165, 1.54) is 4.88 Å². The van der Waals surface area contributed by atoms with Crippen LogP contribution in [0.15, 0.2) is 11.6 Å². The van der Waals surface area contributed by atoms with Crippen LogP contribution in [0.1, 0.15) is 40.1 Å². The Morgan fingerprint density at radius 2 is 2.38 bits per heavy atom. The summed E-state index contributed by atoms with van der Waals surface area (Å²) in [6.45, 7) is 7.69. The molecule has 0 unspecified atom stereocenters. The van der Waals surface area contributed by atoms with Crippen molar-refractivity contribution in [2.24, 2.45) is 5.92 Å². The minimum Gasteiger partial charge on any atom is -0.337 e. The lowest BCUT2D eigenvalue weighted by molar-refractivity contribution is 0.0778. The number of carbonyl (C=O) groups is 1. The zero-order chi connectivity index (χ0) is 17.1. The van der Waals surface area contributed by atoms with Gasteiger partial charge in [0.05, 0.1) is 11.2 Å². The fraction of sp³-hybridized carbons (Fsp3) is 0.588. The molecule has 2 aromatic rings. The molecule has 1 aliphatic rings. The number of aryl methyl sites for hydroxylation is 2. The third-order valence-corrected chi connectivity index (χ3v) is 5.55. The summed E-state index contributed by atoms with van der Waals surface area (Å²) in [5.74, 6) is 0.575. The molecule has 3 heterocycles. The predicted octanol–water partition coefficient (Wildman–Crippen LogP) is 2.33. The second-order valence-corrected chi connectivity index (χ2v) is 7.53. The molecule has 1 saturated heterocycles. The average Bonchev–Trinajstić information content (AvgIpc) is 3.29. The van der Waals surface area contributed by atoms with Crippen LogP contribution < -0.4 is 0 Å². The SMILES string of the molecule is CCc1cc(C(=O)N2CC[C@H](CN(C)Cc3scnc3C)C2)n[nH]1. The van der Waals surface area contributed by atoms with Crippen LogP contribution in [0, 0.1) is 12.8 Å². The normalized spacial score (nSPS) is 17.8. The number of amides is 1. The summed E-state index contributed by atoms with van der Waals surface area (Å²) in [5.41, 5.74) is 4.58. The molecule has 0 saturated carbocycles. The van der Waals surface area contributed by atoms with E-state index in [-0.39, 0.29) is 5.91 Å². The lowest BCUT2D eigenvalue weighted by Crippen LogP contribution is -2.31. The number of rotatable bonds is 6. The summed E-state index contributed by atoms with van der Waals surface area (Å²) in [5, 5.41) is 7.07. The maximum absolute atomic E-state index is 12.5. The standard InChI is InChI=1S/C17H25N5OS/c1-4-14-7-15(20-19-14)17(23)22-6-5-13(9-22)8-21(3)10-16-12(2)18-11-24-16/h7,11,13H,4-6,8-10H2,1-3H3,(H,19,20)/t13-/m1/s1. The van der Waals surface area contributed by atoms with Crippen molar-refractivity contribution in [1.29, 1.82) is 0 Å². The summed E-state index contributed by atoms with van der Waals surface area (Å²) < 4.78 is 0. The van der Waals surface area contributed by atoms with Crippen LogP contribution in [0.2, 0.25) is 0 Å². The van der Waals surface area contributed by atoms with Crippen LogP contribution in [0.3, 0.4) is 0 Å². The van der Waals surface area contributed by atoms with E-state index >= 15 is 0 Å². The zero-order valence-electron chi connectivity index (χ0n) is 14.6. The molecular weight excluding hydrogens is 322 g/mol. The lowest BCUT2D eigenvalue weighted by Gasteiger charge is -2.21. The molecule has 24 heavy (non-hydrogen) atoms. The van der Waals surface area contributed by atoms with Crippen molar-refractivity contribution in [2.45, 2.75) is 33.2 Å². The number of H-pyrrole nitrogens is 1. The number of hydrogen-bond donors (Lipinski definition) is 1. The van der Waals surface area contributed by atoms with E-state index in [9.17, 15) is 4.79 Å². The molecule has 6 nitrogen and oxygen atoms in total. The third-order valence-electron chi connectivity index (χ3n) is 4.63. The van der Waals surface area contributed by atoms with Crippen LogP contribution in [-0.2, 0) is 13.0 Å². The number of carbonyl (C=O) groups excluding carboxylic acids is 1. The van der Waals surface area contributed by atoms with Crippen LogP contribution in [0.4, 0.5) is 0 Å². The van der Waals surface area contributed by atoms with Gasteiger partial charge in [0.25, 0.3) is 5.91 Å². The Morgan fingerprint density at radius 1 is 1.54 bits per heavy atom. The van der Waals surface area contributed by atoms with Crippen molar-refractivity contribution in [3.05, 3.63) is 33.5 Å². The van der Waals surface area contributed by atoms with E-state index in [0.717, 1.165) is 50.4 Å². The third kappa shape index (κ3) is 3.84. The molecule has 1 amide bonds. The van der Waals surface area contributed by atoms with E-state index in [1.807, 2.05) is 23.4 Å². The van der Waals surface area contributed by atoms with Crippen molar-refractivity contribution in [3.8, 4) is 0 Å². The summed E-state index contributed by atoms with van der Waals surface area (Å²) in [6.07, 6.45) is 1.92. The number of aromatic nitrogens is 3. The Bertz CT molecular complexity index is 695. The fourth-order valence-corrected chi connectivity index (χ4v) is 4.07. The number of nitrogens with one attached hydrogen (secondary N) is 1. The molecule has 1 atom stereocenters. The topological polar surface area (TPSA) is 65.1 Å². The van der Waals surface area contributed by atoms with Crippen molar-refractivity contribution in [2.75, 3.05) is 26.7 Å². The summed E-state index contributed by atoms with van der Waals surface area (Å²) in [6, 6.07) is 1.87. The van der Waals surface area contributed by atoms with Crippen LogP contribution >= 0.6 is 11.3 Å². The number of nitrogens with zero attached hydrogens (tertiary/aromatic N) is 4. The predicted molar refractivity (Wildman–Crippen MR) is 95.2 cm³/mol. The first kappa shape index (κ1) is 17.1. The van der Waals surface area contributed by atoms with Gasteiger partial charge in [-0.25, -0.2) is 4.98 Å². The molecule has 0 radical (unpaired) electrons. The average molecular weight is 347 g/mol. The zero-order valence-corrected chi connectivity index (χ0v) is 15.4. The molecule has 1 fully saturated rings. The maximum Gasteiger partial charge on any atom is 0.274 e. The van der Waals surface area contributed by atoms with E-state index < -0.39 is 0 Å². The Kier molecular flexibility index (Phi) is 5.30. The first-order valence-corrected chi connectivity index (χ1v) is 9.35. The van der Waals surface area contributed by atoms with Gasteiger partial charge in [0.1, 0.15) is 5.69 Å². The Labute approximate surface area is 146 Å². The summed E-state index contributed by atoms with van der Waals surface area (Å²) in [7, 11) is 2.14. The van der Waals surface area contributed by atoms with E-state index in [1.54, 1.807) is 11.3 Å². The van der Waals surface area contributed by atoms with Gasteiger partial charge in [-0.1, -0.05) is 6.92 Å². The highest BCUT2D eigenvalue weighted by Crippen LogP contribution is 2.21. The van der Waals surface area contributed by atoms with Gasteiger partial charge in [0, 0.05) is 36.8 Å². The Hall–Kier alpha value is -1.73. The first-order chi connectivity index (χ1) is 11.6. The monoisotopic (exact) mass is 347 g/mol. The molecule has 2 aromatic heterocycles. The highest BCUT2D eigenvalue weighted by atomic mass is 32.1. The molecule has 0 spiro atoms. The fourth-order valence-electron chi connectivity index (χ4n) is 3.21. The van der Waals surface area contributed by atoms with Crippen molar-refractivity contribution in [1.82, 2.24) is 25.0 Å². The van der Waals surface area contributed by atoms with Gasteiger partial charge >= 0.3 is 0 Å². The highest BCUT2D eigenvalue weighted by molar-refractivity contribution is 7.09. The quantitative estimate of drug-likeness (QED) is 0.871. The van der Waals surface area contributed by atoms with Gasteiger partial charge in [-0.2, -0.15) is 5.10 Å². The van der Waals surface area contributed by atoms with Gasteiger partial charge in [0.15, 0.2) is 0 Å². The highest BCUT2D eigenvalue weighted by Gasteiger charge is 2.28. The molecular formula is C17H25N5OS. The minimum absolute atomic E-state index is 0.0504. The van der Waals surface area contributed by atoms with Crippen LogP contribution in [-0.4, -0.2) is 57.6 Å². The van der Waals surface area contributed by atoms with Gasteiger partial charge < -0.3 is 9.80 Å². The number of thiazole rings is 1. The minimum atomic E-state index is 0.0504. The molecule has 130 valence electrons. The van der Waals surface area contributed by atoms with Gasteiger partial charge in [0.2, 0.25) is 0 Å². The van der Waals surface area contributed by atoms with E-state index in [0.29, 0.717) is 11.6 Å². The Morgan fingerprint density at radius 3 is 3.04 bits per heavy atom. The van der Waals surface area contributed by atoms with E-state index in [4.69, 9.17) is 0 Å². The second kappa shape index (κ2) is 7.44. The molecule has 1 N–H and O–H groups in total. The van der Waals surface area contributed by atoms with Gasteiger partial charge in [-0.3, -0.25) is 9.89 Å². The van der Waals surface area contributed by atoms with Crippen molar-refractivity contribution < 1.29 is 4.79 Å².